The number of rotatable bonds is 3. The Kier molecular flexibility index (Phi) is 6.89. The summed E-state index contributed by atoms with van der Waals surface area (Å²) in [7, 11) is -2.67. The SMILES string of the molecule is CCc1occc(=O)c1O.Cc1cnc(NC(=O)C2=C(O)c3ccccc3S(=O)(=O)N2C)s1. The maximum absolute atomic E-state index is 12.5. The average molecular weight is 492 g/mol. The molecule has 4 rings (SSSR count). The highest BCUT2D eigenvalue weighted by Crippen LogP contribution is 2.34. The van der Waals surface area contributed by atoms with Gasteiger partial charge in [0.1, 0.15) is 5.76 Å². The molecule has 0 bridgehead atoms. The van der Waals surface area contributed by atoms with Crippen molar-refractivity contribution in [3.63, 3.8) is 0 Å². The largest absolute Gasteiger partial charge is 0.505 e. The van der Waals surface area contributed by atoms with Gasteiger partial charge in [0, 0.05) is 36.2 Å². The van der Waals surface area contributed by atoms with E-state index in [0.29, 0.717) is 17.3 Å². The Hall–Kier alpha value is -3.64. The van der Waals surface area contributed by atoms with Crippen LogP contribution in [-0.2, 0) is 21.2 Å². The van der Waals surface area contributed by atoms with Crippen molar-refractivity contribution < 1.29 is 27.8 Å². The first-order chi connectivity index (χ1) is 15.6. The predicted molar refractivity (Wildman–Crippen MR) is 122 cm³/mol. The van der Waals surface area contributed by atoms with E-state index in [1.807, 2.05) is 6.92 Å². The van der Waals surface area contributed by atoms with Crippen molar-refractivity contribution in [2.45, 2.75) is 25.2 Å². The van der Waals surface area contributed by atoms with E-state index in [4.69, 9.17) is 9.52 Å². The first kappa shape index (κ1) is 24.0. The van der Waals surface area contributed by atoms with Crippen molar-refractivity contribution in [3.05, 3.63) is 74.9 Å². The number of carbonyl (C=O) groups excluding carboxylic acids is 1. The number of anilines is 1. The smallest absolute Gasteiger partial charge is 0.278 e. The van der Waals surface area contributed by atoms with Gasteiger partial charge >= 0.3 is 0 Å². The van der Waals surface area contributed by atoms with E-state index >= 15 is 0 Å². The number of amides is 1. The molecule has 1 amide bonds. The number of thiazole rings is 1. The minimum Gasteiger partial charge on any atom is -0.505 e. The topological polar surface area (TPSA) is 150 Å². The number of aromatic hydroxyl groups is 1. The molecule has 3 N–H and O–H groups in total. The van der Waals surface area contributed by atoms with Crippen LogP contribution < -0.4 is 10.7 Å². The summed E-state index contributed by atoms with van der Waals surface area (Å²) < 4.78 is 30.6. The maximum atomic E-state index is 12.5. The van der Waals surface area contributed by atoms with E-state index < -0.39 is 15.9 Å². The first-order valence-electron chi connectivity index (χ1n) is 9.62. The molecule has 10 nitrogen and oxygen atoms in total. The van der Waals surface area contributed by atoms with Gasteiger partial charge in [-0.3, -0.25) is 19.2 Å². The van der Waals surface area contributed by atoms with E-state index in [1.54, 1.807) is 25.3 Å². The van der Waals surface area contributed by atoms with Crippen LogP contribution in [0.1, 0.15) is 23.1 Å². The van der Waals surface area contributed by atoms with Crippen LogP contribution in [0.5, 0.6) is 5.75 Å². The fraction of sp³-hybridized carbons (Fsp3) is 0.190. The number of benzene rings is 1. The number of aromatic nitrogens is 1. The van der Waals surface area contributed by atoms with Crippen molar-refractivity contribution in [1.82, 2.24) is 9.29 Å². The zero-order chi connectivity index (χ0) is 24.3. The molecular weight excluding hydrogens is 470 g/mol. The molecule has 33 heavy (non-hydrogen) atoms. The molecule has 0 saturated carbocycles. The minimum absolute atomic E-state index is 0.0401. The van der Waals surface area contributed by atoms with Gasteiger partial charge in [-0.2, -0.15) is 0 Å². The lowest BCUT2D eigenvalue weighted by Crippen LogP contribution is -2.37. The highest BCUT2D eigenvalue weighted by molar-refractivity contribution is 7.89. The highest BCUT2D eigenvalue weighted by atomic mass is 32.2. The van der Waals surface area contributed by atoms with Gasteiger partial charge in [0.25, 0.3) is 15.9 Å². The van der Waals surface area contributed by atoms with Gasteiger partial charge in [-0.25, -0.2) is 13.4 Å². The monoisotopic (exact) mass is 491 g/mol. The molecule has 2 aromatic heterocycles. The van der Waals surface area contributed by atoms with Crippen molar-refractivity contribution in [2.24, 2.45) is 0 Å². The molecule has 174 valence electrons. The first-order valence-corrected chi connectivity index (χ1v) is 11.9. The van der Waals surface area contributed by atoms with Crippen molar-refractivity contribution in [3.8, 4) is 5.75 Å². The molecule has 0 radical (unpaired) electrons. The molecule has 1 aliphatic heterocycles. The van der Waals surface area contributed by atoms with Gasteiger partial charge < -0.3 is 14.6 Å². The number of sulfonamides is 1. The second-order valence-electron chi connectivity index (χ2n) is 6.81. The summed E-state index contributed by atoms with van der Waals surface area (Å²) >= 11 is 1.25. The maximum Gasteiger partial charge on any atom is 0.278 e. The van der Waals surface area contributed by atoms with E-state index in [9.17, 15) is 23.1 Å². The van der Waals surface area contributed by atoms with Crippen LogP contribution in [-0.4, -0.2) is 40.9 Å². The third-order valence-corrected chi connectivity index (χ3v) is 7.27. The molecule has 3 heterocycles. The van der Waals surface area contributed by atoms with E-state index in [0.717, 1.165) is 9.18 Å². The summed E-state index contributed by atoms with van der Waals surface area (Å²) in [6.45, 7) is 3.63. The normalized spacial score (nSPS) is 14.2. The van der Waals surface area contributed by atoms with Crippen molar-refractivity contribution in [1.29, 1.82) is 0 Å². The fourth-order valence-electron chi connectivity index (χ4n) is 2.95. The summed E-state index contributed by atoms with van der Waals surface area (Å²) in [5.41, 5.74) is -0.620. The Morgan fingerprint density at radius 2 is 1.94 bits per heavy atom. The minimum atomic E-state index is -3.90. The van der Waals surface area contributed by atoms with Gasteiger partial charge in [0.05, 0.1) is 11.2 Å². The third-order valence-electron chi connectivity index (χ3n) is 4.62. The predicted octanol–water partition coefficient (Wildman–Crippen LogP) is 2.86. The molecule has 0 aliphatic carbocycles. The quantitative estimate of drug-likeness (QED) is 0.506. The van der Waals surface area contributed by atoms with E-state index in [-0.39, 0.29) is 33.1 Å². The van der Waals surface area contributed by atoms with Crippen LogP contribution >= 0.6 is 11.3 Å². The van der Waals surface area contributed by atoms with Crippen molar-refractivity contribution in [2.75, 3.05) is 12.4 Å². The number of aliphatic hydroxyl groups is 1. The molecule has 3 aromatic rings. The summed E-state index contributed by atoms with van der Waals surface area (Å²) in [5.74, 6) is -1.06. The fourth-order valence-corrected chi connectivity index (χ4v) is 5.01. The summed E-state index contributed by atoms with van der Waals surface area (Å²) in [5, 5.41) is 22.2. The Morgan fingerprint density at radius 1 is 1.24 bits per heavy atom. The molecule has 0 fully saturated rings. The van der Waals surface area contributed by atoms with Crippen LogP contribution in [0.4, 0.5) is 5.13 Å². The zero-order valence-electron chi connectivity index (χ0n) is 17.9. The van der Waals surface area contributed by atoms with E-state index in [2.05, 4.69) is 10.3 Å². The molecule has 12 heteroatoms. The number of nitrogens with zero attached hydrogens (tertiary/aromatic N) is 2. The highest BCUT2D eigenvalue weighted by Gasteiger charge is 2.37. The Labute approximate surface area is 193 Å². The number of fused-ring (bicyclic) bond motifs is 1. The van der Waals surface area contributed by atoms with Gasteiger partial charge in [-0.1, -0.05) is 19.1 Å². The number of likely N-dealkylation sites (N-methyl/N-ethyl adjacent to an activating group) is 1. The molecule has 1 aliphatic rings. The number of aryl methyl sites for hydroxylation is 2. The van der Waals surface area contributed by atoms with Crippen LogP contribution in [0, 0.1) is 6.92 Å². The lowest BCUT2D eigenvalue weighted by atomic mass is 10.1. The van der Waals surface area contributed by atoms with Gasteiger partial charge in [0.15, 0.2) is 16.6 Å². The second kappa shape index (κ2) is 9.46. The number of nitrogens with one attached hydrogen (secondary N) is 1. The number of hydrogen-bond acceptors (Lipinski definition) is 9. The molecule has 0 unspecified atom stereocenters. The Morgan fingerprint density at radius 3 is 2.55 bits per heavy atom. The van der Waals surface area contributed by atoms with Gasteiger partial charge in [-0.05, 0) is 19.1 Å². The number of aliphatic hydroxyl groups excluding tert-OH is 1. The van der Waals surface area contributed by atoms with Gasteiger partial charge in [-0.15, -0.1) is 11.3 Å². The lowest BCUT2D eigenvalue weighted by molar-refractivity contribution is -0.113. The van der Waals surface area contributed by atoms with Crippen molar-refractivity contribution >= 4 is 38.2 Å². The second-order valence-corrected chi connectivity index (χ2v) is 9.98. The summed E-state index contributed by atoms with van der Waals surface area (Å²) in [6.07, 6.45) is 3.40. The average Bonchev–Trinajstić information content (AvgIpc) is 3.19. The van der Waals surface area contributed by atoms with Crippen LogP contribution in [0.2, 0.25) is 0 Å². The molecule has 0 atom stereocenters. The molecule has 0 spiro atoms. The third kappa shape index (κ3) is 4.76. The molecule has 0 saturated heterocycles. The zero-order valence-corrected chi connectivity index (χ0v) is 19.5. The Balaban J connectivity index is 0.000000257. The molecule has 1 aromatic carbocycles. The van der Waals surface area contributed by atoms with Crippen LogP contribution in [0.3, 0.4) is 0 Å². The Bertz CT molecular complexity index is 1390. The number of carbonyl (C=O) groups is 1. The molecular formula is C21H21N3O7S2. The van der Waals surface area contributed by atoms with Crippen LogP contribution in [0.15, 0.2) is 62.6 Å². The summed E-state index contributed by atoms with van der Waals surface area (Å²) in [6, 6.07) is 7.18. The number of hydrogen-bond donors (Lipinski definition) is 3. The summed E-state index contributed by atoms with van der Waals surface area (Å²) in [4.78, 5) is 28.0. The lowest BCUT2D eigenvalue weighted by Gasteiger charge is -2.28. The van der Waals surface area contributed by atoms with Gasteiger partial charge in [0.2, 0.25) is 11.2 Å². The van der Waals surface area contributed by atoms with E-state index in [1.165, 1.54) is 42.8 Å². The van der Waals surface area contributed by atoms with Crippen LogP contribution in [0.25, 0.3) is 5.76 Å². The standard InChI is InChI=1S/C14H13N3O4S2.C7H8O3/c1-8-7-15-14(22-8)16-13(19)11-12(18)9-5-3-4-6-10(9)23(20,21)17(11)2;1-2-6-7(9)5(8)3-4-10-6/h3-7,18H,1-2H3,(H,15,16,19);3-4,9H,2H2,1H3.